The first kappa shape index (κ1) is 10.7. The second-order valence-electron chi connectivity index (χ2n) is 4.92. The lowest BCUT2D eigenvalue weighted by molar-refractivity contribution is -0.133. The van der Waals surface area contributed by atoms with E-state index >= 15 is 0 Å². The van der Waals surface area contributed by atoms with Gasteiger partial charge in [-0.05, 0) is 17.5 Å². The van der Waals surface area contributed by atoms with E-state index in [1.807, 2.05) is 17.0 Å². The molecular formula is C13H17N3O. The molecule has 4 heteroatoms. The van der Waals surface area contributed by atoms with Gasteiger partial charge in [-0.15, -0.1) is 0 Å². The molecule has 3 N–H and O–H groups in total. The first-order chi connectivity index (χ1) is 8.24. The van der Waals surface area contributed by atoms with Crippen molar-refractivity contribution in [3.05, 3.63) is 35.4 Å². The highest BCUT2D eigenvalue weighted by molar-refractivity contribution is 5.83. The van der Waals surface area contributed by atoms with Crippen molar-refractivity contribution in [3.63, 3.8) is 0 Å². The number of amides is 1. The van der Waals surface area contributed by atoms with E-state index in [1.165, 1.54) is 11.1 Å². The van der Waals surface area contributed by atoms with Crippen molar-refractivity contribution in [3.8, 4) is 0 Å². The van der Waals surface area contributed by atoms with Gasteiger partial charge in [-0.1, -0.05) is 24.3 Å². The van der Waals surface area contributed by atoms with Crippen LogP contribution in [0, 0.1) is 0 Å². The average Bonchev–Trinajstić information content (AvgIpc) is 2.93. The Bertz CT molecular complexity index is 421. The zero-order valence-corrected chi connectivity index (χ0v) is 9.73. The van der Waals surface area contributed by atoms with Crippen LogP contribution in [0.5, 0.6) is 0 Å². The molecule has 1 aromatic rings. The standard InChI is InChI=1S/C13H17N3O/c14-11-5-12(15-6-11)13(17)16-7-9-3-1-2-4-10(9)8-16/h1-4,11-12,15H,5-8,14H2/t11-,12+/m1/s1. The fourth-order valence-electron chi connectivity index (χ4n) is 2.66. The van der Waals surface area contributed by atoms with E-state index in [0.717, 1.165) is 26.1 Å². The summed E-state index contributed by atoms with van der Waals surface area (Å²) in [5.41, 5.74) is 8.35. The Morgan fingerprint density at radius 1 is 1.29 bits per heavy atom. The fourth-order valence-corrected chi connectivity index (χ4v) is 2.66. The van der Waals surface area contributed by atoms with Crippen molar-refractivity contribution in [2.45, 2.75) is 31.6 Å². The van der Waals surface area contributed by atoms with Crippen LogP contribution in [0.15, 0.2) is 24.3 Å². The van der Waals surface area contributed by atoms with Crippen LogP contribution in [-0.4, -0.2) is 29.4 Å². The van der Waals surface area contributed by atoms with E-state index in [0.29, 0.717) is 0 Å². The van der Waals surface area contributed by atoms with Crippen LogP contribution in [0.25, 0.3) is 0 Å². The predicted molar refractivity (Wildman–Crippen MR) is 65.1 cm³/mol. The summed E-state index contributed by atoms with van der Waals surface area (Å²) in [5.74, 6) is 0.189. The molecule has 0 spiro atoms. The van der Waals surface area contributed by atoms with Crippen molar-refractivity contribution in [1.82, 2.24) is 10.2 Å². The Balaban J connectivity index is 1.70. The highest BCUT2D eigenvalue weighted by atomic mass is 16.2. The van der Waals surface area contributed by atoms with E-state index in [9.17, 15) is 4.79 Å². The average molecular weight is 231 g/mol. The van der Waals surface area contributed by atoms with Crippen LogP contribution in [0.2, 0.25) is 0 Å². The van der Waals surface area contributed by atoms with Gasteiger partial charge in [0.05, 0.1) is 6.04 Å². The molecule has 1 saturated heterocycles. The molecule has 3 rings (SSSR count). The van der Waals surface area contributed by atoms with Crippen molar-refractivity contribution in [1.29, 1.82) is 0 Å². The summed E-state index contributed by atoms with van der Waals surface area (Å²) in [7, 11) is 0. The van der Waals surface area contributed by atoms with Gasteiger partial charge >= 0.3 is 0 Å². The molecule has 2 heterocycles. The summed E-state index contributed by atoms with van der Waals surface area (Å²) in [6.07, 6.45) is 0.756. The van der Waals surface area contributed by atoms with E-state index < -0.39 is 0 Å². The normalized spacial score (nSPS) is 27.2. The molecule has 0 saturated carbocycles. The second-order valence-corrected chi connectivity index (χ2v) is 4.92. The minimum Gasteiger partial charge on any atom is -0.333 e. The van der Waals surface area contributed by atoms with Crippen molar-refractivity contribution >= 4 is 5.91 Å². The molecule has 2 aliphatic heterocycles. The number of rotatable bonds is 1. The Morgan fingerprint density at radius 3 is 2.47 bits per heavy atom. The van der Waals surface area contributed by atoms with E-state index in [-0.39, 0.29) is 18.0 Å². The number of hydrogen-bond acceptors (Lipinski definition) is 3. The molecule has 0 aromatic heterocycles. The molecule has 0 radical (unpaired) electrons. The van der Waals surface area contributed by atoms with E-state index in [1.54, 1.807) is 0 Å². The zero-order chi connectivity index (χ0) is 11.8. The molecule has 1 amide bonds. The molecule has 4 nitrogen and oxygen atoms in total. The second kappa shape index (κ2) is 4.13. The summed E-state index contributed by atoms with van der Waals surface area (Å²) in [5, 5.41) is 3.19. The first-order valence-corrected chi connectivity index (χ1v) is 6.08. The van der Waals surface area contributed by atoms with Crippen molar-refractivity contribution < 1.29 is 4.79 Å². The van der Waals surface area contributed by atoms with Crippen molar-refractivity contribution in [2.75, 3.05) is 6.54 Å². The van der Waals surface area contributed by atoms with Crippen LogP contribution in [0.3, 0.4) is 0 Å². The maximum atomic E-state index is 12.3. The molecule has 2 atom stereocenters. The highest BCUT2D eigenvalue weighted by Gasteiger charge is 2.32. The number of nitrogens with two attached hydrogens (primary N) is 1. The number of hydrogen-bond donors (Lipinski definition) is 2. The molecular weight excluding hydrogens is 214 g/mol. The highest BCUT2D eigenvalue weighted by Crippen LogP contribution is 2.23. The minimum atomic E-state index is -0.0840. The Labute approximate surface area is 101 Å². The lowest BCUT2D eigenvalue weighted by atomic mass is 10.1. The number of nitrogens with one attached hydrogen (secondary N) is 1. The predicted octanol–water partition coefficient (Wildman–Crippen LogP) is 0.218. The number of carbonyl (C=O) groups is 1. The monoisotopic (exact) mass is 231 g/mol. The molecule has 1 aromatic carbocycles. The number of nitrogens with zero attached hydrogens (tertiary/aromatic N) is 1. The van der Waals surface area contributed by atoms with E-state index in [2.05, 4.69) is 17.4 Å². The summed E-state index contributed by atoms with van der Waals surface area (Å²) < 4.78 is 0. The molecule has 17 heavy (non-hydrogen) atoms. The van der Waals surface area contributed by atoms with E-state index in [4.69, 9.17) is 5.73 Å². The number of benzene rings is 1. The van der Waals surface area contributed by atoms with Crippen molar-refractivity contribution in [2.24, 2.45) is 5.73 Å². The van der Waals surface area contributed by atoms with Gasteiger partial charge in [0.15, 0.2) is 0 Å². The first-order valence-electron chi connectivity index (χ1n) is 6.08. The lowest BCUT2D eigenvalue weighted by Crippen LogP contribution is -2.40. The summed E-state index contributed by atoms with van der Waals surface area (Å²) in [6.45, 7) is 2.22. The van der Waals surface area contributed by atoms with Gasteiger partial charge in [0.1, 0.15) is 0 Å². The maximum Gasteiger partial charge on any atom is 0.240 e. The third-order valence-corrected chi connectivity index (χ3v) is 3.62. The van der Waals surface area contributed by atoms with Gasteiger partial charge in [0, 0.05) is 25.7 Å². The van der Waals surface area contributed by atoms with Gasteiger partial charge in [-0.25, -0.2) is 0 Å². The fraction of sp³-hybridized carbons (Fsp3) is 0.462. The van der Waals surface area contributed by atoms with Gasteiger partial charge in [0.2, 0.25) is 5.91 Å². The quantitative estimate of drug-likeness (QED) is 0.727. The summed E-state index contributed by atoms with van der Waals surface area (Å²) in [4.78, 5) is 14.2. The maximum absolute atomic E-state index is 12.3. The van der Waals surface area contributed by atoms with Gasteiger partial charge in [-0.3, -0.25) is 4.79 Å². The third-order valence-electron chi connectivity index (χ3n) is 3.62. The Hall–Kier alpha value is -1.39. The molecule has 0 unspecified atom stereocenters. The third kappa shape index (κ3) is 1.94. The number of carbonyl (C=O) groups excluding carboxylic acids is 1. The SMILES string of the molecule is N[C@H]1CN[C@H](C(=O)N2Cc3ccccc3C2)C1. The summed E-state index contributed by atoms with van der Waals surface area (Å²) in [6, 6.07) is 8.27. The van der Waals surface area contributed by atoms with Gasteiger partial charge < -0.3 is 16.0 Å². The minimum absolute atomic E-state index is 0.0840. The topological polar surface area (TPSA) is 58.4 Å². The molecule has 2 aliphatic rings. The Kier molecular flexibility index (Phi) is 2.61. The molecule has 0 bridgehead atoms. The van der Waals surface area contributed by atoms with Crippen LogP contribution in [-0.2, 0) is 17.9 Å². The smallest absolute Gasteiger partial charge is 0.240 e. The lowest BCUT2D eigenvalue weighted by Gasteiger charge is -2.19. The van der Waals surface area contributed by atoms with Gasteiger partial charge in [-0.2, -0.15) is 0 Å². The van der Waals surface area contributed by atoms with Crippen LogP contribution < -0.4 is 11.1 Å². The zero-order valence-electron chi connectivity index (χ0n) is 9.73. The molecule has 90 valence electrons. The van der Waals surface area contributed by atoms with Gasteiger partial charge in [0.25, 0.3) is 0 Å². The van der Waals surface area contributed by atoms with Crippen LogP contribution >= 0.6 is 0 Å². The molecule has 0 aliphatic carbocycles. The molecule has 1 fully saturated rings. The van der Waals surface area contributed by atoms with Crippen LogP contribution in [0.1, 0.15) is 17.5 Å². The Morgan fingerprint density at radius 2 is 1.94 bits per heavy atom. The largest absolute Gasteiger partial charge is 0.333 e. The summed E-state index contributed by atoms with van der Waals surface area (Å²) >= 11 is 0. The van der Waals surface area contributed by atoms with Crippen LogP contribution in [0.4, 0.5) is 0 Å². The number of fused-ring (bicyclic) bond motifs is 1.